The highest BCUT2D eigenvalue weighted by Crippen LogP contribution is 2.28. The van der Waals surface area contributed by atoms with E-state index in [9.17, 15) is 4.79 Å². The molecule has 0 spiro atoms. The molecule has 1 aliphatic heterocycles. The number of carbonyl (C=O) groups excluding carboxylic acids is 1. The highest BCUT2D eigenvalue weighted by molar-refractivity contribution is 5.96. The largest absolute Gasteiger partial charge is 0.338 e. The zero-order valence-corrected chi connectivity index (χ0v) is 16.0. The van der Waals surface area contributed by atoms with E-state index in [1.54, 1.807) is 0 Å². The number of likely N-dealkylation sites (tertiary alicyclic amines) is 1. The predicted molar refractivity (Wildman–Crippen MR) is 98.9 cm³/mol. The maximum Gasteiger partial charge on any atom is 0.257 e. The first-order chi connectivity index (χ1) is 11.1. The molecule has 1 aromatic rings. The maximum atomic E-state index is 12.9. The van der Waals surface area contributed by atoms with Crippen LogP contribution in [-0.2, 0) is 6.54 Å². The molecule has 1 aromatic heterocycles. The van der Waals surface area contributed by atoms with Crippen LogP contribution in [0.25, 0.3) is 0 Å². The van der Waals surface area contributed by atoms with E-state index in [0.717, 1.165) is 61.8 Å². The van der Waals surface area contributed by atoms with Gasteiger partial charge in [0.25, 0.3) is 5.91 Å². The Labute approximate surface area is 151 Å². The Hall–Kier alpha value is -1.07. The molecule has 0 radical (unpaired) electrons. The minimum absolute atomic E-state index is 0. The molecule has 5 nitrogen and oxygen atoms in total. The Morgan fingerprint density at radius 2 is 1.88 bits per heavy atom. The van der Waals surface area contributed by atoms with Crippen LogP contribution in [0.3, 0.4) is 0 Å². The van der Waals surface area contributed by atoms with Crippen LogP contribution >= 0.6 is 12.4 Å². The fraction of sp³-hybridized carbons (Fsp3) is 0.778. The third-order valence-corrected chi connectivity index (χ3v) is 5.21. The first-order valence-electron chi connectivity index (χ1n) is 9.16. The van der Waals surface area contributed by atoms with Gasteiger partial charge in [-0.3, -0.25) is 9.48 Å². The molecule has 1 saturated heterocycles. The molecule has 2 aliphatic rings. The Balaban J connectivity index is 0.00000208. The van der Waals surface area contributed by atoms with Gasteiger partial charge in [0.2, 0.25) is 0 Å². The maximum absolute atomic E-state index is 12.9. The molecule has 1 amide bonds. The first-order valence-corrected chi connectivity index (χ1v) is 9.16. The lowest BCUT2D eigenvalue weighted by molar-refractivity contribution is 0.0703. The number of piperidine rings is 1. The highest BCUT2D eigenvalue weighted by Gasteiger charge is 2.28. The number of aromatic nitrogens is 2. The van der Waals surface area contributed by atoms with E-state index in [2.05, 4.69) is 17.3 Å². The van der Waals surface area contributed by atoms with E-state index in [4.69, 9.17) is 0 Å². The van der Waals surface area contributed by atoms with Gasteiger partial charge >= 0.3 is 0 Å². The van der Waals surface area contributed by atoms with Crippen LogP contribution in [0.1, 0.15) is 60.8 Å². The summed E-state index contributed by atoms with van der Waals surface area (Å²) in [6.45, 7) is 9.88. The Morgan fingerprint density at radius 3 is 2.46 bits per heavy atom. The Morgan fingerprint density at radius 1 is 1.21 bits per heavy atom. The average Bonchev–Trinajstić information content (AvgIpc) is 3.33. The molecule has 136 valence electrons. The molecule has 1 N–H and O–H groups in total. The summed E-state index contributed by atoms with van der Waals surface area (Å²) in [4.78, 5) is 14.9. The summed E-state index contributed by atoms with van der Waals surface area (Å²) in [7, 11) is 0. The fourth-order valence-electron chi connectivity index (χ4n) is 3.54. The number of hydrogen-bond donors (Lipinski definition) is 1. The molecule has 1 saturated carbocycles. The number of amides is 1. The Kier molecular flexibility index (Phi) is 6.70. The second kappa shape index (κ2) is 8.34. The third kappa shape index (κ3) is 4.31. The number of hydrogen-bond acceptors (Lipinski definition) is 3. The lowest BCUT2D eigenvalue weighted by Crippen LogP contribution is -2.45. The van der Waals surface area contributed by atoms with E-state index in [1.807, 2.05) is 23.4 Å². The van der Waals surface area contributed by atoms with E-state index in [1.165, 1.54) is 19.4 Å². The van der Waals surface area contributed by atoms with Crippen molar-refractivity contribution in [2.45, 2.75) is 65.5 Å². The van der Waals surface area contributed by atoms with Crippen LogP contribution < -0.4 is 5.32 Å². The topological polar surface area (TPSA) is 50.2 Å². The molecule has 0 aromatic carbocycles. The lowest BCUT2D eigenvalue weighted by Gasteiger charge is -2.32. The summed E-state index contributed by atoms with van der Waals surface area (Å²) >= 11 is 0. The quantitative estimate of drug-likeness (QED) is 0.854. The number of carbonyl (C=O) groups is 1. The van der Waals surface area contributed by atoms with Gasteiger partial charge in [0.05, 0.1) is 11.3 Å². The number of aryl methyl sites for hydroxylation is 2. The molecular weight excluding hydrogens is 324 g/mol. The van der Waals surface area contributed by atoms with Gasteiger partial charge in [0.15, 0.2) is 0 Å². The molecule has 2 fully saturated rings. The first kappa shape index (κ1) is 19.3. The zero-order chi connectivity index (χ0) is 16.4. The number of nitrogens with one attached hydrogen (secondary N) is 1. The van der Waals surface area contributed by atoms with E-state index in [0.29, 0.717) is 6.04 Å². The molecule has 24 heavy (non-hydrogen) atoms. The van der Waals surface area contributed by atoms with Crippen molar-refractivity contribution >= 4 is 18.3 Å². The van der Waals surface area contributed by atoms with Gasteiger partial charge in [0, 0.05) is 31.4 Å². The molecule has 0 bridgehead atoms. The monoisotopic (exact) mass is 354 g/mol. The van der Waals surface area contributed by atoms with E-state index >= 15 is 0 Å². The normalized spacial score (nSPS) is 18.5. The molecular formula is C18H31ClN4O. The second-order valence-corrected chi connectivity index (χ2v) is 7.19. The van der Waals surface area contributed by atoms with Crippen molar-refractivity contribution in [1.29, 1.82) is 0 Å². The minimum Gasteiger partial charge on any atom is -0.338 e. The van der Waals surface area contributed by atoms with Gasteiger partial charge in [-0.05, 0) is 58.4 Å². The third-order valence-electron chi connectivity index (χ3n) is 5.21. The highest BCUT2D eigenvalue weighted by atomic mass is 35.5. The molecule has 6 heteroatoms. The standard InChI is InChI=1S/C18H30N4O.ClH/c1-4-9-22-14(3)17(13(2)20-22)18(23)21-10-7-16(8-11-21)19-12-15-5-6-15;/h15-16,19H,4-12H2,1-3H3;1H. The van der Waals surface area contributed by atoms with Gasteiger partial charge in [-0.2, -0.15) is 5.10 Å². The van der Waals surface area contributed by atoms with E-state index in [-0.39, 0.29) is 18.3 Å². The average molecular weight is 355 g/mol. The van der Waals surface area contributed by atoms with Crippen LogP contribution in [0.15, 0.2) is 0 Å². The molecule has 2 heterocycles. The fourth-order valence-corrected chi connectivity index (χ4v) is 3.54. The summed E-state index contributed by atoms with van der Waals surface area (Å²) in [5.74, 6) is 1.09. The lowest BCUT2D eigenvalue weighted by atomic mass is 10.0. The van der Waals surface area contributed by atoms with Crippen molar-refractivity contribution in [2.75, 3.05) is 19.6 Å². The van der Waals surface area contributed by atoms with Crippen molar-refractivity contribution in [3.05, 3.63) is 17.0 Å². The summed E-state index contributed by atoms with van der Waals surface area (Å²) < 4.78 is 1.98. The summed E-state index contributed by atoms with van der Waals surface area (Å²) in [5, 5.41) is 8.22. The van der Waals surface area contributed by atoms with Gasteiger partial charge in [-0.15, -0.1) is 12.4 Å². The number of halogens is 1. The van der Waals surface area contributed by atoms with Crippen LogP contribution in [0.5, 0.6) is 0 Å². The molecule has 1 aliphatic carbocycles. The molecule has 0 unspecified atom stereocenters. The van der Waals surface area contributed by atoms with Gasteiger partial charge in [-0.1, -0.05) is 6.92 Å². The number of rotatable bonds is 6. The molecule has 3 rings (SSSR count). The summed E-state index contributed by atoms with van der Waals surface area (Å²) in [6, 6.07) is 0.588. The van der Waals surface area contributed by atoms with Crippen LogP contribution in [0, 0.1) is 19.8 Å². The predicted octanol–water partition coefficient (Wildman–Crippen LogP) is 2.94. The van der Waals surface area contributed by atoms with Crippen molar-refractivity contribution in [1.82, 2.24) is 20.0 Å². The zero-order valence-electron chi connectivity index (χ0n) is 15.2. The van der Waals surface area contributed by atoms with Gasteiger partial charge in [-0.25, -0.2) is 0 Å². The second-order valence-electron chi connectivity index (χ2n) is 7.19. The minimum atomic E-state index is 0. The van der Waals surface area contributed by atoms with Crippen molar-refractivity contribution in [3.63, 3.8) is 0 Å². The van der Waals surface area contributed by atoms with Crippen LogP contribution in [0.4, 0.5) is 0 Å². The van der Waals surface area contributed by atoms with Gasteiger partial charge < -0.3 is 10.2 Å². The summed E-state index contributed by atoms with van der Waals surface area (Å²) in [5.41, 5.74) is 2.71. The SMILES string of the molecule is CCCn1nc(C)c(C(=O)N2CCC(NCC3CC3)CC2)c1C.Cl. The van der Waals surface area contributed by atoms with Gasteiger partial charge in [0.1, 0.15) is 0 Å². The van der Waals surface area contributed by atoms with Crippen molar-refractivity contribution in [3.8, 4) is 0 Å². The summed E-state index contributed by atoms with van der Waals surface area (Å²) in [6.07, 6.45) is 5.96. The van der Waals surface area contributed by atoms with Crippen LogP contribution in [-0.4, -0.2) is 46.3 Å². The van der Waals surface area contributed by atoms with Crippen molar-refractivity contribution < 1.29 is 4.79 Å². The Bertz CT molecular complexity index is 560. The smallest absolute Gasteiger partial charge is 0.257 e. The number of nitrogens with zero attached hydrogens (tertiary/aromatic N) is 3. The van der Waals surface area contributed by atoms with Crippen LogP contribution in [0.2, 0.25) is 0 Å². The molecule has 0 atom stereocenters. The van der Waals surface area contributed by atoms with Crippen molar-refractivity contribution in [2.24, 2.45) is 5.92 Å². The van der Waals surface area contributed by atoms with E-state index < -0.39 is 0 Å².